The Labute approximate surface area is 178 Å². The van der Waals surface area contributed by atoms with Gasteiger partial charge in [-0.2, -0.15) is 5.26 Å². The first-order chi connectivity index (χ1) is 14.8. The fourth-order valence-corrected chi connectivity index (χ4v) is 3.24. The van der Waals surface area contributed by atoms with Gasteiger partial charge in [-0.15, -0.1) is 0 Å². The first-order valence-corrected chi connectivity index (χ1v) is 9.47. The van der Waals surface area contributed by atoms with Crippen molar-refractivity contribution < 1.29 is 27.8 Å². The minimum Gasteiger partial charge on any atom is -0.486 e. The van der Waals surface area contributed by atoms with E-state index in [1.165, 1.54) is 0 Å². The van der Waals surface area contributed by atoms with E-state index < -0.39 is 23.5 Å². The number of carbonyl (C=O) groups is 1. The molecule has 0 spiro atoms. The van der Waals surface area contributed by atoms with Gasteiger partial charge in [-0.05, 0) is 37.1 Å². The summed E-state index contributed by atoms with van der Waals surface area (Å²) in [6.07, 6.45) is 0. The Hall–Kier alpha value is -3.86. The summed E-state index contributed by atoms with van der Waals surface area (Å²) < 4.78 is 42.9. The number of allylic oxidation sites excluding steroid dienone is 2. The van der Waals surface area contributed by atoms with E-state index in [-0.39, 0.29) is 41.8 Å². The van der Waals surface area contributed by atoms with Crippen molar-refractivity contribution in [2.24, 2.45) is 5.73 Å². The molecule has 0 saturated heterocycles. The maximum Gasteiger partial charge on any atom is 0.338 e. The second-order valence-electron chi connectivity index (χ2n) is 6.72. The molecule has 1 heterocycles. The number of hydrogen-bond acceptors (Lipinski definition) is 6. The Morgan fingerprint density at radius 2 is 1.94 bits per heavy atom. The van der Waals surface area contributed by atoms with E-state index in [4.69, 9.17) is 19.9 Å². The monoisotopic (exact) mass is 426 g/mol. The van der Waals surface area contributed by atoms with E-state index in [1.54, 1.807) is 38.1 Å². The molecule has 2 N–H and O–H groups in total. The highest BCUT2D eigenvalue weighted by Gasteiger charge is 2.36. The summed E-state index contributed by atoms with van der Waals surface area (Å²) in [5.41, 5.74) is 7.46. The maximum absolute atomic E-state index is 13.7. The van der Waals surface area contributed by atoms with Crippen LogP contribution in [0, 0.1) is 23.0 Å². The molecule has 0 aliphatic carbocycles. The molecule has 8 heteroatoms. The topological polar surface area (TPSA) is 94.6 Å². The van der Waals surface area contributed by atoms with Crippen molar-refractivity contribution in [1.29, 1.82) is 5.26 Å². The second kappa shape index (κ2) is 9.30. The van der Waals surface area contributed by atoms with Gasteiger partial charge in [0.25, 0.3) is 0 Å². The molecule has 2 aromatic carbocycles. The lowest BCUT2D eigenvalue weighted by Gasteiger charge is -2.27. The standard InChI is InChI=1S/C23H20F2N2O4/c1-3-29-23(28)20-13(2)31-22(27)17(11-26)21(20)15-6-4-14(5-7-15)12-30-19-10-16(24)8-9-18(19)25/h4-10,21H,3,12,27H2,1-2H3. The van der Waals surface area contributed by atoms with Crippen molar-refractivity contribution in [3.05, 3.63) is 88.0 Å². The normalized spacial score (nSPS) is 15.9. The van der Waals surface area contributed by atoms with E-state index in [2.05, 4.69) is 0 Å². The van der Waals surface area contributed by atoms with Crippen molar-refractivity contribution in [3.8, 4) is 11.8 Å². The summed E-state index contributed by atoms with van der Waals surface area (Å²) in [4.78, 5) is 12.5. The Kier molecular flexibility index (Phi) is 6.55. The largest absolute Gasteiger partial charge is 0.486 e. The van der Waals surface area contributed by atoms with Crippen molar-refractivity contribution in [2.75, 3.05) is 6.61 Å². The highest BCUT2D eigenvalue weighted by molar-refractivity contribution is 5.92. The third-order valence-corrected chi connectivity index (χ3v) is 4.70. The first-order valence-electron chi connectivity index (χ1n) is 9.47. The van der Waals surface area contributed by atoms with E-state index in [0.717, 1.165) is 18.2 Å². The van der Waals surface area contributed by atoms with Crippen LogP contribution in [0.3, 0.4) is 0 Å². The number of nitriles is 1. The maximum atomic E-state index is 13.7. The van der Waals surface area contributed by atoms with Crippen molar-refractivity contribution in [2.45, 2.75) is 26.4 Å². The van der Waals surface area contributed by atoms with Gasteiger partial charge >= 0.3 is 5.97 Å². The van der Waals surface area contributed by atoms with E-state index in [0.29, 0.717) is 11.1 Å². The number of nitrogens with zero attached hydrogens (tertiary/aromatic N) is 1. The molecule has 1 atom stereocenters. The number of hydrogen-bond donors (Lipinski definition) is 1. The van der Waals surface area contributed by atoms with Crippen LogP contribution in [0.15, 0.2) is 65.3 Å². The summed E-state index contributed by atoms with van der Waals surface area (Å²) in [6.45, 7) is 3.42. The van der Waals surface area contributed by atoms with Crippen molar-refractivity contribution >= 4 is 5.97 Å². The van der Waals surface area contributed by atoms with E-state index in [1.807, 2.05) is 6.07 Å². The summed E-state index contributed by atoms with van der Waals surface area (Å²) >= 11 is 0. The number of rotatable bonds is 6. The Balaban J connectivity index is 1.87. The van der Waals surface area contributed by atoms with Crippen molar-refractivity contribution in [1.82, 2.24) is 0 Å². The van der Waals surface area contributed by atoms with Gasteiger partial charge in [0, 0.05) is 6.07 Å². The van der Waals surface area contributed by atoms with Crippen LogP contribution < -0.4 is 10.5 Å². The summed E-state index contributed by atoms with van der Waals surface area (Å²) in [7, 11) is 0. The van der Waals surface area contributed by atoms with E-state index in [9.17, 15) is 18.8 Å². The molecule has 1 unspecified atom stereocenters. The van der Waals surface area contributed by atoms with Gasteiger partial charge in [0.15, 0.2) is 11.6 Å². The molecule has 0 fully saturated rings. The molecule has 2 aromatic rings. The van der Waals surface area contributed by atoms with Gasteiger partial charge in [-0.3, -0.25) is 0 Å². The molecule has 160 valence electrons. The quantitative estimate of drug-likeness (QED) is 0.696. The van der Waals surface area contributed by atoms with Crippen LogP contribution >= 0.6 is 0 Å². The predicted octanol–water partition coefficient (Wildman–Crippen LogP) is 4.19. The number of benzene rings is 2. The lowest BCUT2D eigenvalue weighted by molar-refractivity contribution is -0.139. The number of ether oxygens (including phenoxy) is 3. The van der Waals surface area contributed by atoms with Crippen LogP contribution in [-0.4, -0.2) is 12.6 Å². The molecule has 0 radical (unpaired) electrons. The Bertz CT molecular complexity index is 1100. The van der Waals surface area contributed by atoms with Gasteiger partial charge in [0.1, 0.15) is 29.8 Å². The first kappa shape index (κ1) is 21.8. The number of carbonyl (C=O) groups excluding carboxylic acids is 1. The fourth-order valence-electron chi connectivity index (χ4n) is 3.24. The summed E-state index contributed by atoms with van der Waals surface area (Å²) in [5.74, 6) is -2.64. The molecule has 0 aromatic heterocycles. The molecule has 0 amide bonds. The highest BCUT2D eigenvalue weighted by Crippen LogP contribution is 2.39. The zero-order valence-corrected chi connectivity index (χ0v) is 16.9. The second-order valence-corrected chi connectivity index (χ2v) is 6.72. The molecule has 0 bridgehead atoms. The molecular formula is C23H20F2N2O4. The van der Waals surface area contributed by atoms with Crippen LogP contribution in [0.2, 0.25) is 0 Å². The van der Waals surface area contributed by atoms with Crippen LogP contribution in [-0.2, 0) is 20.9 Å². The van der Waals surface area contributed by atoms with Crippen LogP contribution in [0.25, 0.3) is 0 Å². The predicted molar refractivity (Wildman–Crippen MR) is 107 cm³/mol. The zero-order valence-electron chi connectivity index (χ0n) is 16.9. The Morgan fingerprint density at radius 3 is 2.58 bits per heavy atom. The molecule has 3 rings (SSSR count). The highest BCUT2D eigenvalue weighted by atomic mass is 19.1. The van der Waals surface area contributed by atoms with Gasteiger partial charge in [-0.25, -0.2) is 13.6 Å². The minimum absolute atomic E-state index is 0.00286. The van der Waals surface area contributed by atoms with Gasteiger partial charge < -0.3 is 19.9 Å². The Morgan fingerprint density at radius 1 is 1.23 bits per heavy atom. The number of halogens is 2. The molecule has 0 saturated carbocycles. The number of esters is 1. The lowest BCUT2D eigenvalue weighted by atomic mass is 9.83. The average Bonchev–Trinajstić information content (AvgIpc) is 2.74. The lowest BCUT2D eigenvalue weighted by Crippen LogP contribution is -2.25. The van der Waals surface area contributed by atoms with E-state index >= 15 is 0 Å². The van der Waals surface area contributed by atoms with Crippen molar-refractivity contribution in [3.63, 3.8) is 0 Å². The summed E-state index contributed by atoms with van der Waals surface area (Å²) in [5, 5.41) is 9.59. The molecule has 6 nitrogen and oxygen atoms in total. The number of nitrogens with two attached hydrogens (primary N) is 1. The molecule has 31 heavy (non-hydrogen) atoms. The van der Waals surface area contributed by atoms with Crippen LogP contribution in [0.4, 0.5) is 8.78 Å². The fraction of sp³-hybridized carbons (Fsp3) is 0.217. The van der Waals surface area contributed by atoms with Gasteiger partial charge in [0.2, 0.25) is 5.88 Å². The average molecular weight is 426 g/mol. The molecule has 1 aliphatic rings. The van der Waals surface area contributed by atoms with Gasteiger partial charge in [-0.1, -0.05) is 24.3 Å². The third kappa shape index (κ3) is 4.67. The van der Waals surface area contributed by atoms with Crippen LogP contribution in [0.5, 0.6) is 5.75 Å². The molecule has 1 aliphatic heterocycles. The van der Waals surface area contributed by atoms with Gasteiger partial charge in [0.05, 0.1) is 18.1 Å². The van der Waals surface area contributed by atoms with Crippen LogP contribution in [0.1, 0.15) is 30.9 Å². The SMILES string of the molecule is CCOC(=O)C1=C(C)OC(N)=C(C#N)C1c1ccc(COc2cc(F)ccc2F)cc1. The molecular weight excluding hydrogens is 406 g/mol. The zero-order chi connectivity index (χ0) is 22.5. The smallest absolute Gasteiger partial charge is 0.338 e. The minimum atomic E-state index is -0.756. The summed E-state index contributed by atoms with van der Waals surface area (Å²) in [6, 6.07) is 11.8. The third-order valence-electron chi connectivity index (χ3n) is 4.70.